The molecule has 0 unspecified atom stereocenters. The molecule has 0 fully saturated rings. The zero-order valence-corrected chi connectivity index (χ0v) is 17.9. The SMILES string of the molecule is CCOC(=O)C1=C(C)NC2=C(C(=O)C[C@@H](c3ccc(Cl)cc3)C2)[C@H]1c1cccs1. The van der Waals surface area contributed by atoms with Gasteiger partial charge in [-0.05, 0) is 55.3 Å². The van der Waals surface area contributed by atoms with Crippen LogP contribution in [0.4, 0.5) is 0 Å². The summed E-state index contributed by atoms with van der Waals surface area (Å²) in [5.74, 6) is -0.572. The van der Waals surface area contributed by atoms with Gasteiger partial charge in [-0.1, -0.05) is 29.8 Å². The molecule has 2 aliphatic rings. The molecule has 0 radical (unpaired) electrons. The van der Waals surface area contributed by atoms with Crippen molar-refractivity contribution in [3.05, 3.63) is 79.8 Å². The third kappa shape index (κ3) is 3.77. The minimum atomic E-state index is -0.371. The number of hydrogen-bond acceptors (Lipinski definition) is 5. The molecule has 4 nitrogen and oxygen atoms in total. The van der Waals surface area contributed by atoms with Crippen molar-refractivity contribution < 1.29 is 14.3 Å². The van der Waals surface area contributed by atoms with Gasteiger partial charge in [-0.25, -0.2) is 4.79 Å². The Balaban J connectivity index is 1.75. The molecule has 1 N–H and O–H groups in total. The molecule has 2 atom stereocenters. The van der Waals surface area contributed by atoms with Crippen LogP contribution in [-0.4, -0.2) is 18.4 Å². The van der Waals surface area contributed by atoms with Crippen LogP contribution in [-0.2, 0) is 14.3 Å². The van der Waals surface area contributed by atoms with Gasteiger partial charge in [0.15, 0.2) is 5.78 Å². The van der Waals surface area contributed by atoms with Crippen LogP contribution in [0.3, 0.4) is 0 Å². The lowest BCUT2D eigenvalue weighted by molar-refractivity contribution is -0.138. The van der Waals surface area contributed by atoms with Crippen LogP contribution in [0.5, 0.6) is 0 Å². The number of allylic oxidation sites excluding steroid dienone is 3. The molecule has 1 aliphatic carbocycles. The Hall–Kier alpha value is -2.37. The fourth-order valence-electron chi connectivity index (χ4n) is 4.23. The van der Waals surface area contributed by atoms with Crippen molar-refractivity contribution in [3.63, 3.8) is 0 Å². The molecule has 4 rings (SSSR count). The van der Waals surface area contributed by atoms with Gasteiger partial charge in [0.1, 0.15) is 0 Å². The third-order valence-corrected chi connectivity index (χ3v) is 6.68. The van der Waals surface area contributed by atoms with E-state index in [0.29, 0.717) is 29.2 Å². The van der Waals surface area contributed by atoms with E-state index in [1.165, 1.54) is 0 Å². The van der Waals surface area contributed by atoms with Crippen LogP contribution in [0, 0.1) is 0 Å². The standard InChI is InChI=1S/C23H22ClNO3S/c1-3-28-23(27)20-13(2)25-17-11-15(14-6-8-16(24)9-7-14)12-18(26)21(17)22(20)19-5-4-10-29-19/h4-10,15,22,25H,3,11-12H2,1-2H3/t15-,22-/m0/s1. The molecule has 2 heterocycles. The van der Waals surface area contributed by atoms with E-state index in [0.717, 1.165) is 28.3 Å². The first kappa shape index (κ1) is 19.9. The highest BCUT2D eigenvalue weighted by molar-refractivity contribution is 7.10. The van der Waals surface area contributed by atoms with E-state index in [-0.39, 0.29) is 23.6 Å². The molecular weight excluding hydrogens is 406 g/mol. The summed E-state index contributed by atoms with van der Waals surface area (Å²) in [7, 11) is 0. The maximum Gasteiger partial charge on any atom is 0.336 e. The number of nitrogens with one attached hydrogen (secondary N) is 1. The predicted molar refractivity (Wildman–Crippen MR) is 115 cm³/mol. The van der Waals surface area contributed by atoms with E-state index in [1.54, 1.807) is 18.3 Å². The summed E-state index contributed by atoms with van der Waals surface area (Å²) in [6.45, 7) is 3.97. The van der Waals surface area contributed by atoms with Gasteiger partial charge < -0.3 is 10.1 Å². The lowest BCUT2D eigenvalue weighted by Crippen LogP contribution is -2.35. The lowest BCUT2D eigenvalue weighted by Gasteiger charge is -2.36. The summed E-state index contributed by atoms with van der Waals surface area (Å²) in [4.78, 5) is 27.1. The number of halogens is 1. The number of ketones is 1. The van der Waals surface area contributed by atoms with Crippen molar-refractivity contribution in [1.29, 1.82) is 0 Å². The average molecular weight is 428 g/mol. The fourth-order valence-corrected chi connectivity index (χ4v) is 5.20. The summed E-state index contributed by atoms with van der Waals surface area (Å²) in [6, 6.07) is 11.6. The molecule has 1 aromatic heterocycles. The summed E-state index contributed by atoms with van der Waals surface area (Å²) >= 11 is 7.58. The predicted octanol–water partition coefficient (Wildman–Crippen LogP) is 5.33. The first-order valence-corrected chi connectivity index (χ1v) is 10.9. The van der Waals surface area contributed by atoms with Crippen molar-refractivity contribution in [1.82, 2.24) is 5.32 Å². The Bertz CT molecular complexity index is 1010. The average Bonchev–Trinajstić information content (AvgIpc) is 3.22. The lowest BCUT2D eigenvalue weighted by atomic mass is 9.73. The Labute approximate surface area is 179 Å². The van der Waals surface area contributed by atoms with Gasteiger partial charge in [0.2, 0.25) is 0 Å². The fraction of sp³-hybridized carbons (Fsp3) is 0.304. The molecule has 0 spiro atoms. The zero-order chi connectivity index (χ0) is 20.5. The van der Waals surface area contributed by atoms with Gasteiger partial charge in [0.05, 0.1) is 18.1 Å². The van der Waals surface area contributed by atoms with Gasteiger partial charge in [0, 0.05) is 33.3 Å². The number of benzene rings is 1. The van der Waals surface area contributed by atoms with Crippen LogP contribution >= 0.6 is 22.9 Å². The summed E-state index contributed by atoms with van der Waals surface area (Å²) < 4.78 is 5.32. The number of dihydropyridines is 1. The Morgan fingerprint density at radius 2 is 2.00 bits per heavy atom. The number of ether oxygens (including phenoxy) is 1. The molecule has 0 amide bonds. The Morgan fingerprint density at radius 3 is 2.66 bits per heavy atom. The number of rotatable bonds is 4. The van der Waals surface area contributed by atoms with Crippen molar-refractivity contribution in [2.24, 2.45) is 0 Å². The van der Waals surface area contributed by atoms with Gasteiger partial charge in [-0.2, -0.15) is 0 Å². The van der Waals surface area contributed by atoms with Crippen LogP contribution < -0.4 is 5.32 Å². The molecule has 29 heavy (non-hydrogen) atoms. The highest BCUT2D eigenvalue weighted by Gasteiger charge is 2.41. The molecule has 6 heteroatoms. The van der Waals surface area contributed by atoms with E-state index in [9.17, 15) is 9.59 Å². The van der Waals surface area contributed by atoms with Gasteiger partial charge in [-0.3, -0.25) is 4.79 Å². The highest BCUT2D eigenvalue weighted by atomic mass is 35.5. The summed E-state index contributed by atoms with van der Waals surface area (Å²) in [5.41, 5.74) is 3.99. The molecule has 150 valence electrons. The van der Waals surface area contributed by atoms with E-state index in [4.69, 9.17) is 16.3 Å². The van der Waals surface area contributed by atoms with Crippen LogP contribution in [0.2, 0.25) is 5.02 Å². The topological polar surface area (TPSA) is 55.4 Å². The highest BCUT2D eigenvalue weighted by Crippen LogP contribution is 2.46. The Kier molecular flexibility index (Phi) is 5.61. The van der Waals surface area contributed by atoms with Crippen molar-refractivity contribution in [2.75, 3.05) is 6.61 Å². The maximum atomic E-state index is 13.3. The molecular formula is C23H22ClNO3S. The van der Waals surface area contributed by atoms with Gasteiger partial charge in [-0.15, -0.1) is 11.3 Å². The van der Waals surface area contributed by atoms with E-state index in [1.807, 2.05) is 48.7 Å². The van der Waals surface area contributed by atoms with Gasteiger partial charge >= 0.3 is 5.97 Å². The van der Waals surface area contributed by atoms with Gasteiger partial charge in [0.25, 0.3) is 0 Å². The van der Waals surface area contributed by atoms with Crippen molar-refractivity contribution >= 4 is 34.7 Å². The number of carbonyl (C=O) groups excluding carboxylic acids is 2. The molecule has 2 aromatic rings. The monoisotopic (exact) mass is 427 g/mol. The minimum absolute atomic E-state index is 0.0754. The number of carbonyl (C=O) groups is 2. The smallest absolute Gasteiger partial charge is 0.336 e. The van der Waals surface area contributed by atoms with Crippen LogP contribution in [0.25, 0.3) is 0 Å². The second-order valence-corrected chi connectivity index (χ2v) is 8.72. The van der Waals surface area contributed by atoms with E-state index >= 15 is 0 Å². The van der Waals surface area contributed by atoms with Crippen LogP contribution in [0.15, 0.2) is 64.3 Å². The Morgan fingerprint density at radius 1 is 1.24 bits per heavy atom. The summed E-state index contributed by atoms with van der Waals surface area (Å²) in [5, 5.41) is 6.01. The molecule has 1 aliphatic heterocycles. The molecule has 0 bridgehead atoms. The summed E-state index contributed by atoms with van der Waals surface area (Å²) in [6.07, 6.45) is 1.14. The second kappa shape index (κ2) is 8.17. The number of hydrogen-bond donors (Lipinski definition) is 1. The first-order valence-electron chi connectivity index (χ1n) is 9.69. The van der Waals surface area contributed by atoms with Crippen molar-refractivity contribution in [2.45, 2.75) is 38.5 Å². The second-order valence-electron chi connectivity index (χ2n) is 7.30. The number of thiophene rings is 1. The molecule has 1 aromatic carbocycles. The maximum absolute atomic E-state index is 13.3. The number of Topliss-reactive ketones (excluding diaryl/α,β-unsaturated/α-hetero) is 1. The third-order valence-electron chi connectivity index (χ3n) is 5.49. The van der Waals surface area contributed by atoms with E-state index in [2.05, 4.69) is 5.32 Å². The van der Waals surface area contributed by atoms with E-state index < -0.39 is 0 Å². The quantitative estimate of drug-likeness (QED) is 0.670. The number of esters is 1. The zero-order valence-electron chi connectivity index (χ0n) is 16.3. The van der Waals surface area contributed by atoms with Crippen molar-refractivity contribution in [3.8, 4) is 0 Å². The normalized spacial score (nSPS) is 21.7. The largest absolute Gasteiger partial charge is 0.463 e. The van der Waals surface area contributed by atoms with Crippen LogP contribution in [0.1, 0.15) is 49.0 Å². The minimum Gasteiger partial charge on any atom is -0.463 e. The molecule has 0 saturated carbocycles. The molecule has 0 saturated heterocycles. The first-order chi connectivity index (χ1) is 14.0.